The molecule has 2 rings (SSSR count). The van der Waals surface area contributed by atoms with Crippen molar-refractivity contribution in [3.05, 3.63) is 35.4 Å². The van der Waals surface area contributed by atoms with E-state index in [4.69, 9.17) is 9.73 Å². The molecule has 0 saturated carbocycles. The van der Waals surface area contributed by atoms with Gasteiger partial charge in [-0.2, -0.15) is 0 Å². The molecule has 1 aliphatic heterocycles. The van der Waals surface area contributed by atoms with Gasteiger partial charge in [-0.3, -0.25) is 4.79 Å². The summed E-state index contributed by atoms with van der Waals surface area (Å²) < 4.78 is 5.71. The lowest BCUT2D eigenvalue weighted by atomic mass is 10.1. The average Bonchev–Trinajstić information content (AvgIpc) is 3.15. The third-order valence-corrected chi connectivity index (χ3v) is 4.81. The number of benzene rings is 1. The minimum absolute atomic E-state index is 0.0482. The fourth-order valence-corrected chi connectivity index (χ4v) is 3.30. The molecule has 1 heterocycles. The highest BCUT2D eigenvalue weighted by atomic mass is 16.5. The van der Waals surface area contributed by atoms with Gasteiger partial charge >= 0.3 is 0 Å². The predicted octanol–water partition coefficient (Wildman–Crippen LogP) is 2.93. The highest BCUT2D eigenvalue weighted by molar-refractivity contribution is 5.81. The number of nitrogens with zero attached hydrogens (tertiary/aromatic N) is 2. The first-order valence-electron chi connectivity index (χ1n) is 10.5. The summed E-state index contributed by atoms with van der Waals surface area (Å²) >= 11 is 0. The zero-order valence-corrected chi connectivity index (χ0v) is 17.8. The maximum absolute atomic E-state index is 12.2. The summed E-state index contributed by atoms with van der Waals surface area (Å²) in [4.78, 5) is 18.9. The van der Waals surface area contributed by atoms with Crippen LogP contribution in [-0.2, 0) is 22.7 Å². The molecule has 0 aliphatic carbocycles. The summed E-state index contributed by atoms with van der Waals surface area (Å²) in [5, 5.41) is 6.82. The third kappa shape index (κ3) is 6.82. The average molecular weight is 389 g/mol. The number of aliphatic imine (C=N–C) groups is 1. The molecule has 0 radical (unpaired) electrons. The Bertz CT molecular complexity index is 645. The van der Waals surface area contributed by atoms with Crippen LogP contribution in [0.3, 0.4) is 0 Å². The number of amides is 1. The molecule has 1 saturated heterocycles. The van der Waals surface area contributed by atoms with Crippen LogP contribution >= 0.6 is 0 Å². The number of nitrogens with one attached hydrogen (secondary N) is 2. The molecule has 0 aromatic heterocycles. The molecule has 1 amide bonds. The SMILES string of the molecule is CCCOCc1ccccc1CN=C(NCC)NC1CCN(C(=O)C(C)C)C1. The van der Waals surface area contributed by atoms with Gasteiger partial charge in [0.25, 0.3) is 0 Å². The molecule has 1 unspecified atom stereocenters. The van der Waals surface area contributed by atoms with Crippen molar-refractivity contribution >= 4 is 11.9 Å². The topological polar surface area (TPSA) is 66.0 Å². The van der Waals surface area contributed by atoms with Crippen LogP contribution in [0.2, 0.25) is 0 Å². The van der Waals surface area contributed by atoms with Crippen LogP contribution in [0.1, 0.15) is 51.7 Å². The molecule has 2 N–H and O–H groups in total. The summed E-state index contributed by atoms with van der Waals surface area (Å²) in [6, 6.07) is 8.54. The molecule has 156 valence electrons. The van der Waals surface area contributed by atoms with Crippen molar-refractivity contribution in [3.8, 4) is 0 Å². The van der Waals surface area contributed by atoms with Crippen molar-refractivity contribution in [1.29, 1.82) is 0 Å². The lowest BCUT2D eigenvalue weighted by molar-refractivity contribution is -0.133. The summed E-state index contributed by atoms with van der Waals surface area (Å²) in [6.45, 7) is 12.4. The Labute approximate surface area is 169 Å². The van der Waals surface area contributed by atoms with E-state index in [1.54, 1.807) is 0 Å². The summed E-state index contributed by atoms with van der Waals surface area (Å²) in [5.41, 5.74) is 2.36. The van der Waals surface area contributed by atoms with Gasteiger partial charge in [0.2, 0.25) is 5.91 Å². The fourth-order valence-electron chi connectivity index (χ4n) is 3.30. The summed E-state index contributed by atoms with van der Waals surface area (Å²) in [7, 11) is 0. The van der Waals surface area contributed by atoms with Crippen LogP contribution in [0.5, 0.6) is 0 Å². The zero-order valence-electron chi connectivity index (χ0n) is 17.8. The standard InChI is InChI=1S/C22H36N4O2/c1-5-13-28-16-19-10-8-7-9-18(19)14-24-22(23-6-2)25-20-11-12-26(15-20)21(27)17(3)4/h7-10,17,20H,5-6,11-16H2,1-4H3,(H2,23,24,25). The van der Waals surface area contributed by atoms with Gasteiger partial charge in [-0.1, -0.05) is 45.0 Å². The first-order valence-corrected chi connectivity index (χ1v) is 10.5. The van der Waals surface area contributed by atoms with Crippen molar-refractivity contribution in [3.63, 3.8) is 0 Å². The second-order valence-electron chi connectivity index (χ2n) is 7.59. The van der Waals surface area contributed by atoms with E-state index in [2.05, 4.69) is 36.6 Å². The van der Waals surface area contributed by atoms with Crippen molar-refractivity contribution in [2.45, 2.75) is 59.7 Å². The van der Waals surface area contributed by atoms with Gasteiger partial charge in [0.05, 0.1) is 13.2 Å². The van der Waals surface area contributed by atoms with Gasteiger partial charge in [-0.05, 0) is 30.9 Å². The maximum Gasteiger partial charge on any atom is 0.225 e. The Morgan fingerprint density at radius 3 is 2.71 bits per heavy atom. The Balaban J connectivity index is 1.97. The minimum Gasteiger partial charge on any atom is -0.377 e. The predicted molar refractivity (Wildman–Crippen MR) is 114 cm³/mol. The number of hydrogen-bond donors (Lipinski definition) is 2. The highest BCUT2D eigenvalue weighted by Crippen LogP contribution is 2.14. The van der Waals surface area contributed by atoms with Crippen LogP contribution in [0.25, 0.3) is 0 Å². The van der Waals surface area contributed by atoms with Crippen LogP contribution in [0.15, 0.2) is 29.3 Å². The van der Waals surface area contributed by atoms with E-state index in [0.717, 1.165) is 45.0 Å². The second kappa shape index (κ2) is 11.7. The van der Waals surface area contributed by atoms with Crippen molar-refractivity contribution in [1.82, 2.24) is 15.5 Å². The van der Waals surface area contributed by atoms with Crippen molar-refractivity contribution in [2.75, 3.05) is 26.2 Å². The summed E-state index contributed by atoms with van der Waals surface area (Å²) in [5.74, 6) is 1.08. The molecule has 1 aliphatic rings. The summed E-state index contributed by atoms with van der Waals surface area (Å²) in [6.07, 6.45) is 1.97. The molecule has 0 bridgehead atoms. The number of carbonyl (C=O) groups is 1. The molecule has 6 nitrogen and oxygen atoms in total. The lowest BCUT2D eigenvalue weighted by Gasteiger charge is -2.20. The monoisotopic (exact) mass is 388 g/mol. The van der Waals surface area contributed by atoms with E-state index in [1.807, 2.05) is 30.9 Å². The Hall–Kier alpha value is -2.08. The molecule has 1 aromatic carbocycles. The molecular formula is C22H36N4O2. The maximum atomic E-state index is 12.2. The molecule has 1 atom stereocenters. The molecule has 6 heteroatoms. The van der Waals surface area contributed by atoms with E-state index >= 15 is 0 Å². The van der Waals surface area contributed by atoms with Gasteiger partial charge < -0.3 is 20.3 Å². The van der Waals surface area contributed by atoms with Gasteiger partial charge in [0.15, 0.2) is 5.96 Å². The highest BCUT2D eigenvalue weighted by Gasteiger charge is 2.27. The molecular weight excluding hydrogens is 352 g/mol. The van der Waals surface area contributed by atoms with Gasteiger partial charge in [-0.15, -0.1) is 0 Å². The van der Waals surface area contributed by atoms with Crippen molar-refractivity contribution in [2.24, 2.45) is 10.9 Å². The van der Waals surface area contributed by atoms with Gasteiger partial charge in [0.1, 0.15) is 0 Å². The first kappa shape index (κ1) is 22.2. The number of rotatable bonds is 9. The largest absolute Gasteiger partial charge is 0.377 e. The normalized spacial score (nSPS) is 17.2. The quantitative estimate of drug-likeness (QED) is 0.388. The lowest BCUT2D eigenvalue weighted by Crippen LogP contribution is -2.45. The molecule has 1 fully saturated rings. The number of guanidine groups is 1. The van der Waals surface area contributed by atoms with Crippen LogP contribution in [0.4, 0.5) is 0 Å². The second-order valence-corrected chi connectivity index (χ2v) is 7.59. The van der Waals surface area contributed by atoms with E-state index in [0.29, 0.717) is 13.2 Å². The van der Waals surface area contributed by atoms with Crippen molar-refractivity contribution < 1.29 is 9.53 Å². The van der Waals surface area contributed by atoms with E-state index in [9.17, 15) is 4.79 Å². The zero-order chi connectivity index (χ0) is 20.4. The van der Waals surface area contributed by atoms with E-state index in [-0.39, 0.29) is 17.9 Å². The van der Waals surface area contributed by atoms with Gasteiger partial charge in [-0.25, -0.2) is 4.99 Å². The Morgan fingerprint density at radius 2 is 2.04 bits per heavy atom. The molecule has 0 spiro atoms. The van der Waals surface area contributed by atoms with Crippen LogP contribution in [-0.4, -0.2) is 49.0 Å². The number of ether oxygens (including phenoxy) is 1. The van der Waals surface area contributed by atoms with E-state index in [1.165, 1.54) is 11.1 Å². The van der Waals surface area contributed by atoms with E-state index < -0.39 is 0 Å². The Kier molecular flexibility index (Phi) is 9.28. The fraction of sp³-hybridized carbons (Fsp3) is 0.636. The third-order valence-electron chi connectivity index (χ3n) is 4.81. The molecule has 1 aromatic rings. The smallest absolute Gasteiger partial charge is 0.225 e. The Morgan fingerprint density at radius 1 is 1.29 bits per heavy atom. The van der Waals surface area contributed by atoms with Crippen LogP contribution in [0, 0.1) is 5.92 Å². The van der Waals surface area contributed by atoms with Crippen LogP contribution < -0.4 is 10.6 Å². The van der Waals surface area contributed by atoms with Gasteiger partial charge in [0, 0.05) is 38.2 Å². The minimum atomic E-state index is 0.0482. The molecule has 28 heavy (non-hydrogen) atoms. The number of carbonyl (C=O) groups excluding carboxylic acids is 1. The number of likely N-dealkylation sites (tertiary alicyclic amines) is 1. The number of hydrogen-bond acceptors (Lipinski definition) is 3. The first-order chi connectivity index (χ1) is 13.5.